The second-order valence-electron chi connectivity index (χ2n) is 1.78. The molecule has 0 aliphatic carbocycles. The summed E-state index contributed by atoms with van der Waals surface area (Å²) < 4.78 is 0. The Balaban J connectivity index is 0. The van der Waals surface area contributed by atoms with Crippen LogP contribution in [0.15, 0.2) is 0 Å². The number of hydrogen-bond acceptors (Lipinski definition) is 1. The van der Waals surface area contributed by atoms with Crippen LogP contribution in [0.3, 0.4) is 0 Å². The Morgan fingerprint density at radius 1 is 1.00 bits per heavy atom. The van der Waals surface area contributed by atoms with Crippen molar-refractivity contribution in [3.63, 3.8) is 0 Å². The highest BCUT2D eigenvalue weighted by molar-refractivity contribution is 4.35. The highest BCUT2D eigenvalue weighted by Crippen LogP contribution is 1.95. The molecule has 0 spiro atoms. The first-order chi connectivity index (χ1) is 4.41. The first-order valence-corrected chi connectivity index (χ1v) is 4.02. The lowest BCUT2D eigenvalue weighted by molar-refractivity contribution is 0.283. The average Bonchev–Trinajstić information content (AvgIpc) is 1.94. The predicted molar refractivity (Wildman–Crippen MR) is 42.6 cm³/mol. The van der Waals surface area contributed by atoms with E-state index in [9.17, 15) is 0 Å². The zero-order valence-corrected chi connectivity index (χ0v) is 6.98. The van der Waals surface area contributed by atoms with Crippen molar-refractivity contribution in [2.75, 3.05) is 6.61 Å². The molecule has 0 heterocycles. The van der Waals surface area contributed by atoms with Gasteiger partial charge in [-0.3, -0.25) is 0 Å². The summed E-state index contributed by atoms with van der Waals surface area (Å²) in [7, 11) is 0. The summed E-state index contributed by atoms with van der Waals surface area (Å²) in [6.45, 7) is 6.53. The van der Waals surface area contributed by atoms with Crippen LogP contribution in [0, 0.1) is 0 Å². The molecule has 0 aliphatic heterocycles. The van der Waals surface area contributed by atoms with Gasteiger partial charge in [0.1, 0.15) is 0 Å². The Labute approximate surface area is 59.1 Å². The summed E-state index contributed by atoms with van der Waals surface area (Å²) in [5, 5.41) is 8.29. The van der Waals surface area contributed by atoms with Crippen molar-refractivity contribution < 1.29 is 5.11 Å². The van der Waals surface area contributed by atoms with E-state index in [2.05, 4.69) is 6.92 Å². The molecular formula is C8H20O. The molecule has 9 heavy (non-hydrogen) atoms. The van der Waals surface area contributed by atoms with Crippen LogP contribution in [0.2, 0.25) is 0 Å². The van der Waals surface area contributed by atoms with E-state index in [0.717, 1.165) is 6.42 Å². The fourth-order valence-electron chi connectivity index (χ4n) is 0.539. The number of aliphatic hydroxyl groups excluding tert-OH is 1. The van der Waals surface area contributed by atoms with Gasteiger partial charge < -0.3 is 5.11 Å². The molecular weight excluding hydrogens is 112 g/mol. The molecule has 0 fully saturated rings. The lowest BCUT2D eigenvalue weighted by Crippen LogP contribution is -1.80. The third kappa shape index (κ3) is 18.0. The number of aliphatic hydroxyl groups is 1. The van der Waals surface area contributed by atoms with Gasteiger partial charge in [-0.2, -0.15) is 0 Å². The summed E-state index contributed by atoms with van der Waals surface area (Å²) in [5.41, 5.74) is 0. The molecule has 0 aromatic carbocycles. The van der Waals surface area contributed by atoms with Crippen LogP contribution in [-0.4, -0.2) is 11.7 Å². The predicted octanol–water partition coefficient (Wildman–Crippen LogP) is 2.59. The smallest absolute Gasteiger partial charge is 0.0431 e. The minimum atomic E-state index is 0.361. The van der Waals surface area contributed by atoms with Gasteiger partial charge in [0.15, 0.2) is 0 Å². The van der Waals surface area contributed by atoms with Gasteiger partial charge in [-0.25, -0.2) is 0 Å². The standard InChI is InChI=1S/C6H14O.C2H6/c1-2-3-4-5-6-7;1-2/h7H,2-6H2,1H3;1-2H3. The van der Waals surface area contributed by atoms with Gasteiger partial charge in [0.2, 0.25) is 0 Å². The van der Waals surface area contributed by atoms with Crippen molar-refractivity contribution in [2.24, 2.45) is 0 Å². The summed E-state index contributed by atoms with van der Waals surface area (Å²) in [4.78, 5) is 0. The van der Waals surface area contributed by atoms with Crippen LogP contribution in [0.1, 0.15) is 46.5 Å². The van der Waals surface area contributed by atoms with Gasteiger partial charge >= 0.3 is 0 Å². The lowest BCUT2D eigenvalue weighted by atomic mass is 10.2. The van der Waals surface area contributed by atoms with E-state index in [1.807, 2.05) is 13.8 Å². The highest BCUT2D eigenvalue weighted by Gasteiger charge is 1.80. The molecule has 1 N–H and O–H groups in total. The zero-order chi connectivity index (χ0) is 7.54. The fourth-order valence-corrected chi connectivity index (χ4v) is 0.539. The quantitative estimate of drug-likeness (QED) is 0.583. The normalized spacial score (nSPS) is 8.00. The molecule has 58 valence electrons. The summed E-state index contributed by atoms with van der Waals surface area (Å²) in [5.74, 6) is 0. The Morgan fingerprint density at radius 3 is 1.89 bits per heavy atom. The Morgan fingerprint density at radius 2 is 1.56 bits per heavy atom. The second kappa shape index (κ2) is 15.7. The number of hydrogen-bond donors (Lipinski definition) is 1. The van der Waals surface area contributed by atoms with E-state index >= 15 is 0 Å². The van der Waals surface area contributed by atoms with Crippen molar-refractivity contribution in [2.45, 2.75) is 46.5 Å². The molecule has 1 nitrogen and oxygen atoms in total. The van der Waals surface area contributed by atoms with E-state index in [1.165, 1.54) is 19.3 Å². The van der Waals surface area contributed by atoms with Crippen LogP contribution in [0.4, 0.5) is 0 Å². The van der Waals surface area contributed by atoms with Crippen molar-refractivity contribution in [1.29, 1.82) is 0 Å². The summed E-state index contributed by atoms with van der Waals surface area (Å²) in [6.07, 6.45) is 4.68. The molecule has 0 saturated carbocycles. The van der Waals surface area contributed by atoms with Crippen LogP contribution in [0.25, 0.3) is 0 Å². The maximum atomic E-state index is 8.29. The van der Waals surface area contributed by atoms with Crippen molar-refractivity contribution in [3.05, 3.63) is 0 Å². The minimum Gasteiger partial charge on any atom is -0.396 e. The molecule has 1 heteroatoms. The maximum absolute atomic E-state index is 8.29. The van der Waals surface area contributed by atoms with E-state index in [1.54, 1.807) is 0 Å². The number of rotatable bonds is 4. The zero-order valence-electron chi connectivity index (χ0n) is 6.98. The van der Waals surface area contributed by atoms with Crippen LogP contribution in [-0.2, 0) is 0 Å². The van der Waals surface area contributed by atoms with Gasteiger partial charge in [0.05, 0.1) is 0 Å². The number of unbranched alkanes of at least 4 members (excludes halogenated alkanes) is 3. The molecule has 0 aromatic rings. The van der Waals surface area contributed by atoms with E-state index in [0.29, 0.717) is 6.61 Å². The molecule has 0 aliphatic rings. The molecule has 0 unspecified atom stereocenters. The Bertz CT molecular complexity index is 23.7. The summed E-state index contributed by atoms with van der Waals surface area (Å²) >= 11 is 0. The molecule has 0 amide bonds. The van der Waals surface area contributed by atoms with E-state index < -0.39 is 0 Å². The minimum absolute atomic E-state index is 0.361. The Kier molecular flexibility index (Phi) is 20.4. The van der Waals surface area contributed by atoms with Gasteiger partial charge in [-0.05, 0) is 6.42 Å². The molecule has 0 atom stereocenters. The molecule has 0 rings (SSSR count). The van der Waals surface area contributed by atoms with Crippen LogP contribution < -0.4 is 0 Å². The van der Waals surface area contributed by atoms with Gasteiger partial charge in [0.25, 0.3) is 0 Å². The fraction of sp³-hybridized carbons (Fsp3) is 1.00. The third-order valence-electron chi connectivity index (χ3n) is 1.01. The van der Waals surface area contributed by atoms with Gasteiger partial charge in [-0.15, -0.1) is 0 Å². The van der Waals surface area contributed by atoms with Crippen molar-refractivity contribution >= 4 is 0 Å². The maximum Gasteiger partial charge on any atom is 0.0431 e. The molecule has 0 aromatic heterocycles. The highest BCUT2D eigenvalue weighted by atomic mass is 16.2. The SMILES string of the molecule is CC.CCCCCCO. The van der Waals surface area contributed by atoms with Gasteiger partial charge in [-0.1, -0.05) is 40.0 Å². The largest absolute Gasteiger partial charge is 0.396 e. The summed E-state index contributed by atoms with van der Waals surface area (Å²) in [6, 6.07) is 0. The van der Waals surface area contributed by atoms with E-state index in [4.69, 9.17) is 5.11 Å². The molecule has 0 bridgehead atoms. The second-order valence-corrected chi connectivity index (χ2v) is 1.78. The molecule has 0 radical (unpaired) electrons. The average molecular weight is 132 g/mol. The van der Waals surface area contributed by atoms with Crippen LogP contribution in [0.5, 0.6) is 0 Å². The topological polar surface area (TPSA) is 20.2 Å². The van der Waals surface area contributed by atoms with Gasteiger partial charge in [0, 0.05) is 6.61 Å². The first-order valence-electron chi connectivity index (χ1n) is 4.02. The van der Waals surface area contributed by atoms with Crippen molar-refractivity contribution in [3.8, 4) is 0 Å². The monoisotopic (exact) mass is 132 g/mol. The third-order valence-corrected chi connectivity index (χ3v) is 1.01. The van der Waals surface area contributed by atoms with Crippen molar-refractivity contribution in [1.82, 2.24) is 0 Å². The molecule has 0 saturated heterocycles. The first kappa shape index (κ1) is 11.7. The van der Waals surface area contributed by atoms with Crippen LogP contribution >= 0.6 is 0 Å². The lowest BCUT2D eigenvalue weighted by Gasteiger charge is -1.90. The Hall–Kier alpha value is -0.0400. The van der Waals surface area contributed by atoms with E-state index in [-0.39, 0.29) is 0 Å².